The number of hydrogen-bond acceptors (Lipinski definition) is 3. The second-order valence-corrected chi connectivity index (χ2v) is 9.46. The standard InChI is InChI=1S/C19H28N2O3S/c1-14-4-8-18(9-5-14)25(23,24)21-12-10-17(11-13-21)19(22)20(3)15(2)16-6-7-16/h4-5,8-9,15-17H,6-7,10-13H2,1-3H3. The Kier molecular flexibility index (Phi) is 5.21. The molecule has 0 bridgehead atoms. The molecule has 0 aromatic heterocycles. The summed E-state index contributed by atoms with van der Waals surface area (Å²) >= 11 is 0. The largest absolute Gasteiger partial charge is 0.343 e. The topological polar surface area (TPSA) is 57.7 Å². The van der Waals surface area contributed by atoms with E-state index < -0.39 is 10.0 Å². The van der Waals surface area contributed by atoms with Gasteiger partial charge in [-0.2, -0.15) is 4.31 Å². The number of aryl methyl sites for hydroxylation is 1. The molecule has 0 N–H and O–H groups in total. The van der Waals surface area contributed by atoms with Crippen molar-refractivity contribution in [3.8, 4) is 0 Å². The lowest BCUT2D eigenvalue weighted by molar-refractivity contribution is -0.137. The lowest BCUT2D eigenvalue weighted by Crippen LogP contribution is -2.45. The molecule has 2 aliphatic rings. The van der Waals surface area contributed by atoms with Crippen LogP contribution in [-0.2, 0) is 14.8 Å². The monoisotopic (exact) mass is 364 g/mol. The SMILES string of the molecule is Cc1ccc(S(=O)(=O)N2CCC(C(=O)N(C)C(C)C3CC3)CC2)cc1. The summed E-state index contributed by atoms with van der Waals surface area (Å²) in [5.41, 5.74) is 1.04. The maximum absolute atomic E-state index is 12.7. The minimum Gasteiger partial charge on any atom is -0.343 e. The minimum absolute atomic E-state index is 0.0596. The Balaban J connectivity index is 1.61. The third-order valence-electron chi connectivity index (χ3n) is 5.72. The highest BCUT2D eigenvalue weighted by molar-refractivity contribution is 7.89. The predicted molar refractivity (Wildman–Crippen MR) is 97.6 cm³/mol. The van der Waals surface area contributed by atoms with Crippen LogP contribution in [0.2, 0.25) is 0 Å². The smallest absolute Gasteiger partial charge is 0.243 e. The minimum atomic E-state index is -3.46. The Hall–Kier alpha value is -1.40. The van der Waals surface area contributed by atoms with Crippen LogP contribution in [0, 0.1) is 18.8 Å². The maximum Gasteiger partial charge on any atom is 0.243 e. The van der Waals surface area contributed by atoms with Crippen molar-refractivity contribution < 1.29 is 13.2 Å². The Morgan fingerprint density at radius 2 is 1.68 bits per heavy atom. The predicted octanol–water partition coefficient (Wildman–Crippen LogP) is 2.65. The molecule has 1 aliphatic carbocycles. The van der Waals surface area contributed by atoms with Crippen LogP contribution in [0.4, 0.5) is 0 Å². The summed E-state index contributed by atoms with van der Waals surface area (Å²) in [6.07, 6.45) is 3.63. The summed E-state index contributed by atoms with van der Waals surface area (Å²) < 4.78 is 27.0. The summed E-state index contributed by atoms with van der Waals surface area (Å²) in [6, 6.07) is 7.25. The molecule has 1 saturated carbocycles. The Morgan fingerprint density at radius 3 is 2.20 bits per heavy atom. The first-order chi connectivity index (χ1) is 11.8. The van der Waals surface area contributed by atoms with Crippen molar-refractivity contribution in [2.45, 2.75) is 50.5 Å². The van der Waals surface area contributed by atoms with Gasteiger partial charge in [-0.25, -0.2) is 8.42 Å². The Morgan fingerprint density at radius 1 is 1.12 bits per heavy atom. The molecule has 138 valence electrons. The van der Waals surface area contributed by atoms with E-state index >= 15 is 0 Å². The van der Waals surface area contributed by atoms with E-state index in [1.807, 2.05) is 31.0 Å². The van der Waals surface area contributed by atoms with Crippen LogP contribution in [0.15, 0.2) is 29.2 Å². The van der Waals surface area contributed by atoms with Crippen LogP contribution in [0.5, 0.6) is 0 Å². The maximum atomic E-state index is 12.7. The van der Waals surface area contributed by atoms with Crippen LogP contribution >= 0.6 is 0 Å². The number of piperidine rings is 1. The van der Waals surface area contributed by atoms with Crippen molar-refractivity contribution in [2.24, 2.45) is 11.8 Å². The molecule has 0 spiro atoms. The van der Waals surface area contributed by atoms with E-state index in [0.29, 0.717) is 42.8 Å². The molecular formula is C19H28N2O3S. The van der Waals surface area contributed by atoms with E-state index in [2.05, 4.69) is 6.92 Å². The van der Waals surface area contributed by atoms with E-state index in [9.17, 15) is 13.2 Å². The van der Waals surface area contributed by atoms with Gasteiger partial charge in [-0.1, -0.05) is 17.7 Å². The van der Waals surface area contributed by atoms with Gasteiger partial charge in [0.2, 0.25) is 15.9 Å². The third kappa shape index (κ3) is 3.90. The summed E-state index contributed by atoms with van der Waals surface area (Å²) in [6.45, 7) is 4.88. The zero-order valence-electron chi connectivity index (χ0n) is 15.3. The van der Waals surface area contributed by atoms with E-state index in [1.165, 1.54) is 17.1 Å². The fourth-order valence-corrected chi connectivity index (χ4v) is 5.06. The molecule has 1 amide bonds. The van der Waals surface area contributed by atoms with Crippen LogP contribution in [0.3, 0.4) is 0 Å². The Labute approximate surface area is 151 Å². The van der Waals surface area contributed by atoms with Crippen LogP contribution in [0.1, 0.15) is 38.2 Å². The van der Waals surface area contributed by atoms with Crippen LogP contribution in [0.25, 0.3) is 0 Å². The molecule has 1 aromatic rings. The highest BCUT2D eigenvalue weighted by Gasteiger charge is 2.37. The molecule has 25 heavy (non-hydrogen) atoms. The van der Waals surface area contributed by atoms with Gasteiger partial charge in [-0.15, -0.1) is 0 Å². The van der Waals surface area contributed by atoms with E-state index in [0.717, 1.165) is 5.56 Å². The number of rotatable bonds is 5. The van der Waals surface area contributed by atoms with Gasteiger partial charge in [0.05, 0.1) is 4.90 Å². The molecule has 6 heteroatoms. The molecule has 2 fully saturated rings. The number of hydrogen-bond donors (Lipinski definition) is 0. The van der Waals surface area contributed by atoms with Gasteiger partial charge in [0.1, 0.15) is 0 Å². The molecule has 1 aliphatic heterocycles. The molecule has 1 atom stereocenters. The highest BCUT2D eigenvalue weighted by Crippen LogP contribution is 2.35. The van der Waals surface area contributed by atoms with Gasteiger partial charge in [0.15, 0.2) is 0 Å². The molecule has 0 radical (unpaired) electrons. The number of benzene rings is 1. The third-order valence-corrected chi connectivity index (χ3v) is 7.64. The summed E-state index contributed by atoms with van der Waals surface area (Å²) in [5, 5.41) is 0. The first-order valence-electron chi connectivity index (χ1n) is 9.14. The summed E-state index contributed by atoms with van der Waals surface area (Å²) in [4.78, 5) is 14.9. The average Bonchev–Trinajstić information content (AvgIpc) is 3.45. The fourth-order valence-electron chi connectivity index (χ4n) is 3.59. The van der Waals surface area contributed by atoms with Crippen molar-refractivity contribution in [2.75, 3.05) is 20.1 Å². The quantitative estimate of drug-likeness (QED) is 0.807. The van der Waals surface area contributed by atoms with Gasteiger partial charge in [0, 0.05) is 32.1 Å². The number of carbonyl (C=O) groups is 1. The zero-order valence-corrected chi connectivity index (χ0v) is 16.1. The van der Waals surface area contributed by atoms with Gasteiger partial charge in [0.25, 0.3) is 0 Å². The van der Waals surface area contributed by atoms with Gasteiger partial charge < -0.3 is 4.90 Å². The van der Waals surface area contributed by atoms with Crippen molar-refractivity contribution in [1.82, 2.24) is 9.21 Å². The number of carbonyl (C=O) groups excluding carboxylic acids is 1. The molecule has 3 rings (SSSR count). The van der Waals surface area contributed by atoms with Crippen molar-refractivity contribution in [1.29, 1.82) is 0 Å². The first kappa shape index (κ1) is 18.4. The zero-order chi connectivity index (χ0) is 18.2. The number of amides is 1. The molecule has 1 aromatic carbocycles. The summed E-state index contributed by atoms with van der Waals surface area (Å²) in [5.74, 6) is 0.762. The molecule has 1 heterocycles. The van der Waals surface area contributed by atoms with Gasteiger partial charge in [-0.3, -0.25) is 4.79 Å². The lowest BCUT2D eigenvalue weighted by atomic mass is 9.96. The van der Waals surface area contributed by atoms with Crippen molar-refractivity contribution in [3.05, 3.63) is 29.8 Å². The Bertz CT molecular complexity index is 718. The molecular weight excluding hydrogens is 336 g/mol. The first-order valence-corrected chi connectivity index (χ1v) is 10.6. The highest BCUT2D eigenvalue weighted by atomic mass is 32.2. The summed E-state index contributed by atoms with van der Waals surface area (Å²) in [7, 11) is -1.57. The normalized spacial score (nSPS) is 21.1. The van der Waals surface area contributed by atoms with Crippen molar-refractivity contribution >= 4 is 15.9 Å². The number of nitrogens with zero attached hydrogens (tertiary/aromatic N) is 2. The molecule has 5 nitrogen and oxygen atoms in total. The molecule has 1 saturated heterocycles. The van der Waals surface area contributed by atoms with Crippen molar-refractivity contribution in [3.63, 3.8) is 0 Å². The van der Waals surface area contributed by atoms with Gasteiger partial charge >= 0.3 is 0 Å². The van der Waals surface area contributed by atoms with E-state index in [-0.39, 0.29) is 11.8 Å². The molecule has 1 unspecified atom stereocenters. The second kappa shape index (κ2) is 7.08. The second-order valence-electron chi connectivity index (χ2n) is 7.52. The lowest BCUT2D eigenvalue weighted by Gasteiger charge is -2.34. The van der Waals surface area contributed by atoms with E-state index in [4.69, 9.17) is 0 Å². The average molecular weight is 365 g/mol. The van der Waals surface area contributed by atoms with Crippen LogP contribution < -0.4 is 0 Å². The van der Waals surface area contributed by atoms with Crippen LogP contribution in [-0.4, -0.2) is 49.7 Å². The number of sulfonamides is 1. The van der Waals surface area contributed by atoms with E-state index in [1.54, 1.807) is 12.1 Å². The fraction of sp³-hybridized carbons (Fsp3) is 0.632. The van der Waals surface area contributed by atoms with Gasteiger partial charge in [-0.05, 0) is 57.6 Å².